The number of fused-ring (bicyclic) bond motifs is 1. The van der Waals surface area contributed by atoms with E-state index in [9.17, 15) is 9.59 Å². The van der Waals surface area contributed by atoms with E-state index in [2.05, 4.69) is 4.99 Å². The number of hydrogen-bond donors (Lipinski definition) is 0. The summed E-state index contributed by atoms with van der Waals surface area (Å²) in [5, 5.41) is 2.82. The Morgan fingerprint density at radius 3 is 2.59 bits per heavy atom. The van der Waals surface area contributed by atoms with Crippen molar-refractivity contribution in [1.82, 2.24) is 4.57 Å². The topological polar surface area (TPSA) is 60.7 Å². The van der Waals surface area contributed by atoms with E-state index in [1.807, 2.05) is 31.4 Å². The van der Waals surface area contributed by atoms with Crippen LogP contribution in [0.1, 0.15) is 37.3 Å². The van der Waals surface area contributed by atoms with Gasteiger partial charge in [0.15, 0.2) is 4.80 Å². The number of ether oxygens (including phenoxy) is 1. The van der Waals surface area contributed by atoms with Crippen molar-refractivity contribution in [2.24, 2.45) is 10.9 Å². The van der Waals surface area contributed by atoms with E-state index in [0.29, 0.717) is 42.8 Å². The Morgan fingerprint density at radius 1 is 1.25 bits per heavy atom. The predicted octanol–water partition coefficient (Wildman–Crippen LogP) is 4.80. The number of rotatable bonds is 5. The first-order valence-electron chi connectivity index (χ1n) is 9.95. The molecule has 4 rings (SSSR count). The second-order valence-electron chi connectivity index (χ2n) is 7.72. The minimum absolute atomic E-state index is 0.196. The fraction of sp³-hybridized carbons (Fsp3) is 0.261. The minimum atomic E-state index is -0.602. The van der Waals surface area contributed by atoms with Crippen molar-refractivity contribution in [3.8, 4) is 0 Å². The average molecular weight is 507 g/mol. The highest BCUT2D eigenvalue weighted by Gasteiger charge is 2.34. The summed E-state index contributed by atoms with van der Waals surface area (Å²) in [4.78, 5) is 32.5. The highest BCUT2D eigenvalue weighted by molar-refractivity contribution is 7.10. The monoisotopic (exact) mass is 506 g/mol. The molecule has 0 saturated heterocycles. The molecule has 1 aromatic carbocycles. The largest absolute Gasteiger partial charge is 0.462 e. The molecule has 0 bridgehead atoms. The van der Waals surface area contributed by atoms with Crippen LogP contribution in [0.25, 0.3) is 6.08 Å². The number of allylic oxidation sites excluding steroid dienone is 1. The van der Waals surface area contributed by atoms with Crippen LogP contribution in [-0.4, -0.2) is 17.1 Å². The molecule has 32 heavy (non-hydrogen) atoms. The van der Waals surface area contributed by atoms with Crippen LogP contribution in [0.5, 0.6) is 0 Å². The van der Waals surface area contributed by atoms with Gasteiger partial charge in [0.2, 0.25) is 0 Å². The predicted molar refractivity (Wildman–Crippen MR) is 130 cm³/mol. The van der Waals surface area contributed by atoms with E-state index >= 15 is 0 Å². The Hall–Kier alpha value is -2.19. The van der Waals surface area contributed by atoms with Crippen molar-refractivity contribution in [1.29, 1.82) is 0 Å². The van der Waals surface area contributed by atoms with Crippen molar-refractivity contribution >= 4 is 57.9 Å². The lowest BCUT2D eigenvalue weighted by molar-refractivity contribution is -0.140. The molecule has 3 aromatic rings. The Kier molecular flexibility index (Phi) is 6.72. The molecule has 0 N–H and O–H groups in total. The highest BCUT2D eigenvalue weighted by atomic mass is 35.5. The number of benzene rings is 1. The number of thiophene rings is 1. The van der Waals surface area contributed by atoms with Crippen molar-refractivity contribution < 1.29 is 9.53 Å². The van der Waals surface area contributed by atoms with E-state index in [-0.39, 0.29) is 11.5 Å². The number of thiazole rings is 1. The molecule has 1 unspecified atom stereocenters. The molecule has 1 aliphatic heterocycles. The van der Waals surface area contributed by atoms with Gasteiger partial charge in [-0.25, -0.2) is 9.79 Å². The Labute approximate surface area is 202 Å². The zero-order valence-corrected chi connectivity index (χ0v) is 20.7. The van der Waals surface area contributed by atoms with Crippen LogP contribution in [0.4, 0.5) is 0 Å². The standard InChI is InChI=1S/C23H20Cl2N2O3S2/c1-12(2)11-30-22(29)19-13(3)26-23-27(20(19)17-8-5-9-31-17)21(28)18(32-23)10-14-15(24)6-4-7-16(14)25/h4-10,12,20H,11H2,1-3H3. The summed E-state index contributed by atoms with van der Waals surface area (Å²) in [7, 11) is 0. The quantitative estimate of drug-likeness (QED) is 0.466. The molecule has 0 radical (unpaired) electrons. The van der Waals surface area contributed by atoms with Crippen molar-refractivity contribution in [3.63, 3.8) is 0 Å². The molecule has 0 amide bonds. The Bertz CT molecular complexity index is 1370. The maximum atomic E-state index is 13.5. The molecular weight excluding hydrogens is 487 g/mol. The smallest absolute Gasteiger partial charge is 0.338 e. The van der Waals surface area contributed by atoms with Crippen molar-refractivity contribution in [2.45, 2.75) is 26.8 Å². The first-order chi connectivity index (χ1) is 15.3. The maximum Gasteiger partial charge on any atom is 0.338 e. The number of carbonyl (C=O) groups excluding carboxylic acids is 1. The summed E-state index contributed by atoms with van der Waals surface area (Å²) in [6.07, 6.45) is 1.68. The molecule has 5 nitrogen and oxygen atoms in total. The van der Waals surface area contributed by atoms with Gasteiger partial charge in [0.1, 0.15) is 6.04 Å². The van der Waals surface area contributed by atoms with Crippen molar-refractivity contribution in [3.05, 3.63) is 87.2 Å². The second-order valence-corrected chi connectivity index (χ2v) is 10.5. The third kappa shape index (κ3) is 4.35. The SMILES string of the molecule is CC1=C(C(=O)OCC(C)C)C(c2cccs2)n2c(sc(=Cc3c(Cl)cccc3Cl)c2=O)=N1. The maximum absolute atomic E-state index is 13.5. The van der Waals surface area contributed by atoms with Gasteiger partial charge < -0.3 is 4.74 Å². The van der Waals surface area contributed by atoms with E-state index in [0.717, 1.165) is 4.88 Å². The van der Waals surface area contributed by atoms with Crippen LogP contribution >= 0.6 is 45.9 Å². The van der Waals surface area contributed by atoms with Gasteiger partial charge in [-0.2, -0.15) is 0 Å². The highest BCUT2D eigenvalue weighted by Crippen LogP contribution is 2.33. The average Bonchev–Trinajstić information content (AvgIpc) is 3.37. The second kappa shape index (κ2) is 9.35. The summed E-state index contributed by atoms with van der Waals surface area (Å²) in [5.74, 6) is -0.261. The third-order valence-corrected chi connectivity index (χ3v) is 7.44. The molecule has 1 aliphatic rings. The van der Waals surface area contributed by atoms with Crippen LogP contribution in [0.2, 0.25) is 10.0 Å². The zero-order valence-electron chi connectivity index (χ0n) is 17.6. The van der Waals surface area contributed by atoms with E-state index in [1.165, 1.54) is 22.7 Å². The van der Waals surface area contributed by atoms with Crippen LogP contribution in [-0.2, 0) is 9.53 Å². The molecule has 0 spiro atoms. The zero-order chi connectivity index (χ0) is 23.0. The molecule has 0 saturated carbocycles. The molecule has 3 heterocycles. The van der Waals surface area contributed by atoms with Crippen LogP contribution in [0, 0.1) is 5.92 Å². The molecule has 9 heteroatoms. The number of halogens is 2. The summed E-state index contributed by atoms with van der Waals surface area (Å²) in [6, 6.07) is 8.39. The number of hydrogen-bond acceptors (Lipinski definition) is 6. The number of carbonyl (C=O) groups is 1. The van der Waals surface area contributed by atoms with Gasteiger partial charge in [-0.15, -0.1) is 11.3 Å². The van der Waals surface area contributed by atoms with Gasteiger partial charge in [-0.05, 0) is 42.5 Å². The fourth-order valence-electron chi connectivity index (χ4n) is 3.40. The Morgan fingerprint density at radius 2 is 1.97 bits per heavy atom. The number of aromatic nitrogens is 1. The lowest BCUT2D eigenvalue weighted by atomic mass is 10.0. The van der Waals surface area contributed by atoms with E-state index in [1.54, 1.807) is 35.8 Å². The summed E-state index contributed by atoms with van der Waals surface area (Å²) in [6.45, 7) is 6.01. The van der Waals surface area contributed by atoms with E-state index in [4.69, 9.17) is 27.9 Å². The van der Waals surface area contributed by atoms with Crippen LogP contribution in [0.15, 0.2) is 56.8 Å². The van der Waals surface area contributed by atoms with Crippen molar-refractivity contribution in [2.75, 3.05) is 6.61 Å². The molecular formula is C23H20Cl2N2O3S2. The van der Waals surface area contributed by atoms with Gasteiger partial charge in [0.25, 0.3) is 5.56 Å². The summed E-state index contributed by atoms with van der Waals surface area (Å²) in [5.41, 5.74) is 1.23. The van der Waals surface area contributed by atoms with Gasteiger partial charge in [0, 0.05) is 20.5 Å². The van der Waals surface area contributed by atoms with Crippen LogP contribution < -0.4 is 14.9 Å². The van der Waals surface area contributed by atoms with Crippen LogP contribution in [0.3, 0.4) is 0 Å². The van der Waals surface area contributed by atoms with Gasteiger partial charge in [0.05, 0.1) is 22.4 Å². The van der Waals surface area contributed by atoms with Gasteiger partial charge in [-0.3, -0.25) is 9.36 Å². The van der Waals surface area contributed by atoms with Gasteiger partial charge in [-0.1, -0.05) is 60.5 Å². The summed E-state index contributed by atoms with van der Waals surface area (Å²) < 4.78 is 7.52. The first kappa shape index (κ1) is 23.0. The van der Waals surface area contributed by atoms with E-state index < -0.39 is 12.0 Å². The number of nitrogens with zero attached hydrogens (tertiary/aromatic N) is 2. The molecule has 0 fully saturated rings. The fourth-order valence-corrected chi connectivity index (χ4v) is 5.76. The molecule has 166 valence electrons. The third-order valence-electron chi connectivity index (χ3n) is 4.88. The number of esters is 1. The summed E-state index contributed by atoms with van der Waals surface area (Å²) >= 11 is 15.3. The lowest BCUT2D eigenvalue weighted by Crippen LogP contribution is -2.39. The lowest BCUT2D eigenvalue weighted by Gasteiger charge is -2.23. The van der Waals surface area contributed by atoms with Gasteiger partial charge >= 0.3 is 5.97 Å². The molecule has 2 aromatic heterocycles. The normalized spacial score (nSPS) is 16.3. The Balaban J connectivity index is 1.91. The molecule has 1 atom stereocenters. The minimum Gasteiger partial charge on any atom is -0.462 e. The first-order valence-corrected chi connectivity index (χ1v) is 12.4. The molecule has 0 aliphatic carbocycles.